The average Bonchev–Trinajstić information content (AvgIpc) is 3.23. The molecule has 178 valence electrons. The van der Waals surface area contributed by atoms with Crippen molar-refractivity contribution in [1.82, 2.24) is 24.7 Å². The smallest absolute Gasteiger partial charge is 0.244 e. The van der Waals surface area contributed by atoms with Crippen molar-refractivity contribution in [3.05, 3.63) is 47.9 Å². The van der Waals surface area contributed by atoms with Crippen molar-refractivity contribution in [2.45, 2.75) is 45.2 Å². The molecule has 0 spiro atoms. The fourth-order valence-corrected chi connectivity index (χ4v) is 5.68. The van der Waals surface area contributed by atoms with Gasteiger partial charge in [0.05, 0.1) is 0 Å². The number of hydrogen-bond donors (Lipinski definition) is 1. The van der Waals surface area contributed by atoms with Gasteiger partial charge in [-0.25, -0.2) is 23.4 Å². The van der Waals surface area contributed by atoms with Crippen molar-refractivity contribution in [3.63, 3.8) is 0 Å². The molecule has 1 aromatic carbocycles. The summed E-state index contributed by atoms with van der Waals surface area (Å²) in [5.41, 5.74) is 1.57. The topological polar surface area (TPSA) is 75.0 Å². The van der Waals surface area contributed by atoms with Gasteiger partial charge in [0, 0.05) is 55.7 Å². The van der Waals surface area contributed by atoms with E-state index in [-0.39, 0.29) is 0 Å². The van der Waals surface area contributed by atoms with Crippen LogP contribution >= 0.6 is 0 Å². The van der Waals surface area contributed by atoms with Crippen LogP contribution in [0.25, 0.3) is 0 Å². The van der Waals surface area contributed by atoms with Gasteiger partial charge in [0.15, 0.2) is 11.6 Å². The summed E-state index contributed by atoms with van der Waals surface area (Å²) in [4.78, 5) is 17.8. The minimum Gasteiger partial charge on any atom is -0.356 e. The van der Waals surface area contributed by atoms with Crippen molar-refractivity contribution in [2.75, 3.05) is 34.8 Å². The van der Waals surface area contributed by atoms with Crippen LogP contribution in [0, 0.1) is 30.4 Å². The molecule has 2 aromatic heterocycles. The second-order valence-electron chi connectivity index (χ2n) is 9.61. The van der Waals surface area contributed by atoms with Crippen LogP contribution in [0.1, 0.15) is 31.4 Å². The van der Waals surface area contributed by atoms with Gasteiger partial charge in [-0.2, -0.15) is 4.98 Å². The first-order valence-corrected chi connectivity index (χ1v) is 12.0. The van der Waals surface area contributed by atoms with E-state index >= 15 is 0 Å². The number of nitrogens with one attached hydrogen (secondary N) is 1. The second-order valence-corrected chi connectivity index (χ2v) is 9.61. The Labute approximate surface area is 197 Å². The Morgan fingerprint density at radius 3 is 2.53 bits per heavy atom. The van der Waals surface area contributed by atoms with Gasteiger partial charge in [-0.3, -0.25) is 0 Å². The Hall–Kier alpha value is -3.30. The van der Waals surface area contributed by atoms with Gasteiger partial charge >= 0.3 is 0 Å². The molecular formula is C24H28F2N8. The maximum absolute atomic E-state index is 13.9. The van der Waals surface area contributed by atoms with Crippen molar-refractivity contribution in [2.24, 2.45) is 11.8 Å². The van der Waals surface area contributed by atoms with E-state index < -0.39 is 11.6 Å². The van der Waals surface area contributed by atoms with E-state index in [1.165, 1.54) is 12.1 Å². The third kappa shape index (κ3) is 3.84. The number of halogens is 2. The molecule has 1 N–H and O–H groups in total. The zero-order valence-electron chi connectivity index (χ0n) is 19.2. The number of benzene rings is 1. The molecule has 10 heteroatoms. The zero-order valence-corrected chi connectivity index (χ0v) is 19.2. The molecule has 3 aliphatic rings. The zero-order chi connectivity index (χ0) is 23.2. The van der Waals surface area contributed by atoms with Crippen LogP contribution in [0.4, 0.5) is 32.2 Å². The molecule has 1 saturated carbocycles. The molecule has 1 saturated heterocycles. The van der Waals surface area contributed by atoms with E-state index in [1.807, 2.05) is 22.6 Å². The fourth-order valence-electron chi connectivity index (χ4n) is 5.68. The Morgan fingerprint density at radius 2 is 1.76 bits per heavy atom. The summed E-state index contributed by atoms with van der Waals surface area (Å²) in [6.45, 7) is 5.32. The highest BCUT2D eigenvalue weighted by Crippen LogP contribution is 2.40. The van der Waals surface area contributed by atoms with Crippen LogP contribution < -0.4 is 15.1 Å². The molecule has 0 amide bonds. The van der Waals surface area contributed by atoms with Gasteiger partial charge in [-0.05, 0) is 56.6 Å². The summed E-state index contributed by atoms with van der Waals surface area (Å²) in [5.74, 6) is 1.55. The minimum absolute atomic E-state index is 0.308. The molecule has 3 atom stereocenters. The number of anilines is 4. The minimum atomic E-state index is -0.853. The molecular weight excluding hydrogens is 438 g/mol. The van der Waals surface area contributed by atoms with Crippen LogP contribution in [0.5, 0.6) is 0 Å². The van der Waals surface area contributed by atoms with Gasteiger partial charge in [-0.1, -0.05) is 0 Å². The lowest BCUT2D eigenvalue weighted by Crippen LogP contribution is -2.48. The Bertz CT molecular complexity index is 1180. The van der Waals surface area contributed by atoms with Gasteiger partial charge in [0.2, 0.25) is 11.9 Å². The summed E-state index contributed by atoms with van der Waals surface area (Å²) in [6.07, 6.45) is 5.85. The molecule has 2 fully saturated rings. The molecule has 4 heterocycles. The van der Waals surface area contributed by atoms with Crippen LogP contribution in [0.3, 0.4) is 0 Å². The monoisotopic (exact) mass is 466 g/mol. The van der Waals surface area contributed by atoms with Gasteiger partial charge in [0.1, 0.15) is 12.1 Å². The van der Waals surface area contributed by atoms with E-state index in [1.54, 1.807) is 12.4 Å². The van der Waals surface area contributed by atoms with E-state index in [2.05, 4.69) is 20.2 Å². The number of nitrogens with zero attached hydrogens (tertiary/aromatic N) is 7. The maximum atomic E-state index is 13.9. The normalized spacial score (nSPS) is 24.1. The maximum Gasteiger partial charge on any atom is 0.244 e. The van der Waals surface area contributed by atoms with Gasteiger partial charge in [0.25, 0.3) is 0 Å². The molecule has 2 aliphatic heterocycles. The number of fused-ring (bicyclic) bond motifs is 3. The lowest BCUT2D eigenvalue weighted by atomic mass is 9.92. The molecule has 34 heavy (non-hydrogen) atoms. The molecule has 8 nitrogen and oxygen atoms in total. The summed E-state index contributed by atoms with van der Waals surface area (Å²) in [7, 11) is 0. The van der Waals surface area contributed by atoms with Gasteiger partial charge < -0.3 is 15.1 Å². The highest BCUT2D eigenvalue weighted by molar-refractivity contribution is 5.59. The fraction of sp³-hybridized carbons (Fsp3) is 0.500. The Morgan fingerprint density at radius 1 is 0.971 bits per heavy atom. The first-order chi connectivity index (χ1) is 16.5. The molecule has 6 rings (SSSR count). The molecule has 0 radical (unpaired) electrons. The molecule has 2 bridgehead atoms. The van der Waals surface area contributed by atoms with Crippen LogP contribution in [0.2, 0.25) is 0 Å². The quantitative estimate of drug-likeness (QED) is 0.625. The SMILES string of the molecule is Cc1cc(N2C[C@H]3CC[C@@H](C2)[C@@H]3Nc2nc3n(n2)CCCCN3c2ccc(F)c(F)c2)ncn1. The summed E-state index contributed by atoms with van der Waals surface area (Å²) in [6, 6.07) is 6.36. The van der Waals surface area contributed by atoms with E-state index in [4.69, 9.17) is 10.1 Å². The first kappa shape index (κ1) is 21.2. The Kier molecular flexibility index (Phi) is 5.30. The second kappa shape index (κ2) is 8.48. The number of aryl methyl sites for hydroxylation is 2. The van der Waals surface area contributed by atoms with Crippen molar-refractivity contribution in [1.29, 1.82) is 0 Å². The standard InChI is InChI=1S/C24H28F2N8/c1-15-10-21(28-14-27-15)32-12-16-4-5-17(13-32)22(16)29-23-30-24-33(8-2-3-9-34(24)31-23)18-6-7-19(25)20(26)11-18/h6-7,10-11,14,16-17,22H,2-5,8-9,12-13H2,1H3,(H,29,31)/t16-,17+,22-. The molecule has 0 unspecified atom stereocenters. The number of hydrogen-bond acceptors (Lipinski definition) is 7. The number of rotatable bonds is 4. The number of aromatic nitrogens is 5. The number of piperidine rings is 1. The van der Waals surface area contributed by atoms with Crippen LogP contribution in [-0.2, 0) is 6.54 Å². The lowest BCUT2D eigenvalue weighted by molar-refractivity contribution is 0.374. The largest absolute Gasteiger partial charge is 0.356 e. The highest BCUT2D eigenvalue weighted by Gasteiger charge is 2.43. The summed E-state index contributed by atoms with van der Waals surface area (Å²) >= 11 is 0. The van der Waals surface area contributed by atoms with E-state index in [0.717, 1.165) is 56.8 Å². The van der Waals surface area contributed by atoms with E-state index in [0.29, 0.717) is 42.0 Å². The average molecular weight is 467 g/mol. The third-order valence-corrected chi connectivity index (χ3v) is 7.35. The van der Waals surface area contributed by atoms with Crippen LogP contribution in [-0.4, -0.2) is 50.4 Å². The van der Waals surface area contributed by atoms with Crippen LogP contribution in [0.15, 0.2) is 30.6 Å². The van der Waals surface area contributed by atoms with Crippen molar-refractivity contribution in [3.8, 4) is 0 Å². The molecule has 1 aliphatic carbocycles. The molecule has 3 aromatic rings. The lowest BCUT2D eigenvalue weighted by Gasteiger charge is -2.38. The summed E-state index contributed by atoms with van der Waals surface area (Å²) < 4.78 is 29.3. The highest BCUT2D eigenvalue weighted by atomic mass is 19.2. The van der Waals surface area contributed by atoms with E-state index in [9.17, 15) is 8.78 Å². The van der Waals surface area contributed by atoms with Gasteiger partial charge in [-0.15, -0.1) is 5.10 Å². The van der Waals surface area contributed by atoms with Crippen molar-refractivity contribution < 1.29 is 8.78 Å². The van der Waals surface area contributed by atoms with Crippen molar-refractivity contribution >= 4 is 23.4 Å². The third-order valence-electron chi connectivity index (χ3n) is 7.35. The predicted molar refractivity (Wildman–Crippen MR) is 125 cm³/mol. The summed E-state index contributed by atoms with van der Waals surface area (Å²) in [5, 5.41) is 8.39. The predicted octanol–water partition coefficient (Wildman–Crippen LogP) is 3.91. The first-order valence-electron chi connectivity index (χ1n) is 12.0. The Balaban J connectivity index is 1.22.